The zero-order valence-electron chi connectivity index (χ0n) is 19.0. The minimum Gasteiger partial charge on any atom is -0.379 e. The van der Waals surface area contributed by atoms with Crippen LogP contribution < -0.4 is 5.43 Å². The van der Waals surface area contributed by atoms with E-state index in [4.69, 9.17) is 4.74 Å². The van der Waals surface area contributed by atoms with Crippen LogP contribution in [0.4, 0.5) is 0 Å². The Kier molecular flexibility index (Phi) is 6.83. The Labute approximate surface area is 189 Å². The standard InChI is InChI=1S/C26H30N4O2/c1-19-6-4-5-7-25(19)30-20(2)16-24(21(30)3)17-27-28-26(31)23-10-8-22(9-11-23)18-29-12-14-32-15-13-29/h4-11,16-17H,12-15,18H2,1-3H3,(H,28,31)/b27-17-. The predicted molar refractivity (Wildman–Crippen MR) is 128 cm³/mol. The van der Waals surface area contributed by atoms with Crippen LogP contribution in [0.5, 0.6) is 0 Å². The minimum absolute atomic E-state index is 0.216. The predicted octanol–water partition coefficient (Wildman–Crippen LogP) is 4.00. The molecule has 1 aliphatic rings. The number of nitrogens with zero attached hydrogens (tertiary/aromatic N) is 3. The largest absolute Gasteiger partial charge is 0.379 e. The number of aryl methyl sites for hydroxylation is 2. The molecule has 4 rings (SSSR count). The van der Waals surface area contributed by atoms with Gasteiger partial charge in [0.1, 0.15) is 0 Å². The van der Waals surface area contributed by atoms with Gasteiger partial charge >= 0.3 is 0 Å². The molecule has 0 atom stereocenters. The molecule has 166 valence electrons. The summed E-state index contributed by atoms with van der Waals surface area (Å²) in [5.41, 5.74) is 9.99. The number of ether oxygens (including phenoxy) is 1. The number of carbonyl (C=O) groups excluding carboxylic acids is 1. The Morgan fingerprint density at radius 3 is 2.50 bits per heavy atom. The Bertz CT molecular complexity index is 1110. The average molecular weight is 431 g/mol. The maximum Gasteiger partial charge on any atom is 0.271 e. The highest BCUT2D eigenvalue weighted by atomic mass is 16.5. The SMILES string of the molecule is Cc1ccccc1-n1c(C)cc(/C=N\NC(=O)c2ccc(CN3CCOCC3)cc2)c1C. The van der Waals surface area contributed by atoms with E-state index in [-0.39, 0.29) is 5.91 Å². The number of aromatic nitrogens is 1. The lowest BCUT2D eigenvalue weighted by molar-refractivity contribution is 0.0342. The van der Waals surface area contributed by atoms with Crippen molar-refractivity contribution in [2.24, 2.45) is 5.10 Å². The smallest absolute Gasteiger partial charge is 0.271 e. The molecule has 32 heavy (non-hydrogen) atoms. The van der Waals surface area contributed by atoms with Gasteiger partial charge in [0, 0.05) is 47.8 Å². The Balaban J connectivity index is 1.39. The van der Waals surface area contributed by atoms with Crippen molar-refractivity contribution in [2.75, 3.05) is 26.3 Å². The number of rotatable bonds is 6. The molecule has 1 fully saturated rings. The third kappa shape index (κ3) is 4.98. The highest BCUT2D eigenvalue weighted by Gasteiger charge is 2.12. The molecule has 2 aromatic carbocycles. The lowest BCUT2D eigenvalue weighted by atomic mass is 10.1. The van der Waals surface area contributed by atoms with Crippen LogP contribution in [0.2, 0.25) is 0 Å². The molecule has 0 bridgehead atoms. The highest BCUT2D eigenvalue weighted by Crippen LogP contribution is 2.22. The molecule has 6 nitrogen and oxygen atoms in total. The molecule has 0 spiro atoms. The van der Waals surface area contributed by atoms with E-state index in [1.165, 1.54) is 11.1 Å². The quantitative estimate of drug-likeness (QED) is 0.475. The fraction of sp³-hybridized carbons (Fsp3) is 0.308. The van der Waals surface area contributed by atoms with Crippen molar-refractivity contribution >= 4 is 12.1 Å². The molecule has 0 aliphatic carbocycles. The number of hydrogen-bond donors (Lipinski definition) is 1. The van der Waals surface area contributed by atoms with Crippen molar-refractivity contribution in [3.05, 3.63) is 88.2 Å². The lowest BCUT2D eigenvalue weighted by Crippen LogP contribution is -2.35. The van der Waals surface area contributed by atoms with Crippen molar-refractivity contribution in [3.8, 4) is 5.69 Å². The first-order valence-electron chi connectivity index (χ1n) is 11.0. The number of benzene rings is 2. The van der Waals surface area contributed by atoms with Gasteiger partial charge in [0.2, 0.25) is 0 Å². The van der Waals surface area contributed by atoms with E-state index in [1.54, 1.807) is 6.21 Å². The van der Waals surface area contributed by atoms with Gasteiger partial charge in [-0.15, -0.1) is 0 Å². The zero-order valence-corrected chi connectivity index (χ0v) is 19.0. The maximum atomic E-state index is 12.5. The topological polar surface area (TPSA) is 58.9 Å². The molecular formula is C26H30N4O2. The maximum absolute atomic E-state index is 12.5. The molecule has 6 heteroatoms. The number of hydrazone groups is 1. The summed E-state index contributed by atoms with van der Waals surface area (Å²) in [5, 5.41) is 4.21. The van der Waals surface area contributed by atoms with E-state index in [0.717, 1.165) is 55.5 Å². The van der Waals surface area contributed by atoms with E-state index in [2.05, 4.69) is 59.0 Å². The van der Waals surface area contributed by atoms with Gasteiger partial charge in [0.25, 0.3) is 5.91 Å². The number of nitrogens with one attached hydrogen (secondary N) is 1. The Hall–Kier alpha value is -3.22. The van der Waals surface area contributed by atoms with Crippen molar-refractivity contribution in [3.63, 3.8) is 0 Å². The number of amides is 1. The van der Waals surface area contributed by atoms with Crippen molar-refractivity contribution < 1.29 is 9.53 Å². The normalized spacial score (nSPS) is 14.7. The van der Waals surface area contributed by atoms with Crippen molar-refractivity contribution in [1.82, 2.24) is 14.9 Å². The summed E-state index contributed by atoms with van der Waals surface area (Å²) < 4.78 is 7.60. The van der Waals surface area contributed by atoms with Crippen LogP contribution in [-0.4, -0.2) is 47.9 Å². The van der Waals surface area contributed by atoms with Gasteiger partial charge in [-0.2, -0.15) is 5.10 Å². The number of morpholine rings is 1. The second kappa shape index (κ2) is 9.94. The monoisotopic (exact) mass is 430 g/mol. The molecule has 1 aromatic heterocycles. The summed E-state index contributed by atoms with van der Waals surface area (Å²) in [6.45, 7) is 10.6. The second-order valence-corrected chi connectivity index (χ2v) is 8.23. The van der Waals surface area contributed by atoms with Crippen LogP contribution in [0, 0.1) is 20.8 Å². The first-order chi connectivity index (χ1) is 15.5. The van der Waals surface area contributed by atoms with Gasteiger partial charge in [-0.3, -0.25) is 9.69 Å². The van der Waals surface area contributed by atoms with E-state index < -0.39 is 0 Å². The summed E-state index contributed by atoms with van der Waals surface area (Å²) >= 11 is 0. The van der Waals surface area contributed by atoms with Crippen LogP contribution in [0.25, 0.3) is 5.69 Å². The van der Waals surface area contributed by atoms with Crippen LogP contribution >= 0.6 is 0 Å². The van der Waals surface area contributed by atoms with E-state index in [1.807, 2.05) is 36.4 Å². The summed E-state index contributed by atoms with van der Waals surface area (Å²) in [7, 11) is 0. The van der Waals surface area contributed by atoms with Crippen LogP contribution in [0.3, 0.4) is 0 Å². The molecule has 1 saturated heterocycles. The van der Waals surface area contributed by atoms with Crippen molar-refractivity contribution in [1.29, 1.82) is 0 Å². The van der Waals surface area contributed by atoms with Gasteiger partial charge in [0.15, 0.2) is 0 Å². The number of hydrogen-bond acceptors (Lipinski definition) is 4. The van der Waals surface area contributed by atoms with E-state index in [9.17, 15) is 4.79 Å². The van der Waals surface area contributed by atoms with Crippen LogP contribution in [0.15, 0.2) is 59.7 Å². The van der Waals surface area contributed by atoms with Crippen LogP contribution in [0.1, 0.15) is 38.4 Å². The summed E-state index contributed by atoms with van der Waals surface area (Å²) in [6.07, 6.45) is 1.71. The first-order valence-corrected chi connectivity index (χ1v) is 11.0. The molecule has 2 heterocycles. The van der Waals surface area contributed by atoms with Crippen LogP contribution in [-0.2, 0) is 11.3 Å². The third-order valence-corrected chi connectivity index (χ3v) is 5.92. The molecular weight excluding hydrogens is 400 g/mol. The van der Waals surface area contributed by atoms with Gasteiger partial charge in [-0.25, -0.2) is 5.43 Å². The fourth-order valence-corrected chi connectivity index (χ4v) is 4.11. The summed E-state index contributed by atoms with van der Waals surface area (Å²) in [5.74, 6) is -0.216. The first kappa shape index (κ1) is 22.0. The Morgan fingerprint density at radius 2 is 1.78 bits per heavy atom. The highest BCUT2D eigenvalue weighted by molar-refractivity contribution is 5.95. The van der Waals surface area contributed by atoms with Gasteiger partial charge in [-0.1, -0.05) is 30.3 Å². The Morgan fingerprint density at radius 1 is 1.06 bits per heavy atom. The molecule has 1 amide bonds. The average Bonchev–Trinajstić information content (AvgIpc) is 3.08. The molecule has 0 saturated carbocycles. The van der Waals surface area contributed by atoms with Crippen molar-refractivity contribution in [2.45, 2.75) is 27.3 Å². The molecule has 0 radical (unpaired) electrons. The van der Waals surface area contributed by atoms with E-state index in [0.29, 0.717) is 5.56 Å². The molecule has 3 aromatic rings. The van der Waals surface area contributed by atoms with Gasteiger partial charge < -0.3 is 9.30 Å². The van der Waals surface area contributed by atoms with Gasteiger partial charge in [0.05, 0.1) is 19.4 Å². The molecule has 0 unspecified atom stereocenters. The summed E-state index contributed by atoms with van der Waals surface area (Å²) in [4.78, 5) is 14.9. The molecule has 1 N–H and O–H groups in total. The lowest BCUT2D eigenvalue weighted by Gasteiger charge is -2.26. The number of carbonyl (C=O) groups is 1. The number of para-hydroxylation sites is 1. The molecule has 1 aliphatic heterocycles. The van der Waals surface area contributed by atoms with Gasteiger partial charge in [-0.05, 0) is 56.2 Å². The fourth-order valence-electron chi connectivity index (χ4n) is 4.11. The van der Waals surface area contributed by atoms with E-state index >= 15 is 0 Å². The second-order valence-electron chi connectivity index (χ2n) is 8.23. The third-order valence-electron chi connectivity index (χ3n) is 5.92. The minimum atomic E-state index is -0.216. The summed E-state index contributed by atoms with van der Waals surface area (Å²) in [6, 6.07) is 18.1. The zero-order chi connectivity index (χ0) is 22.5.